The molecule has 1 heterocycles. The Balaban J connectivity index is 1.60. The van der Waals surface area contributed by atoms with Gasteiger partial charge in [-0.1, -0.05) is 44.2 Å². The molecular formula is C20H23N5O3. The molecule has 0 fully saturated rings. The molecule has 3 N–H and O–H groups in total. The number of hydrogen-bond acceptors (Lipinski definition) is 6. The number of nitrogens with zero attached hydrogens (tertiary/aromatic N) is 4. The van der Waals surface area contributed by atoms with Crippen LogP contribution in [0.3, 0.4) is 0 Å². The first kappa shape index (κ1) is 19.5. The molecule has 2 aromatic carbocycles. The minimum Gasteiger partial charge on any atom is -0.491 e. The average Bonchev–Trinajstić information content (AvgIpc) is 3.15. The van der Waals surface area contributed by atoms with Crippen molar-refractivity contribution in [1.82, 2.24) is 20.2 Å². The predicted molar refractivity (Wildman–Crippen MR) is 104 cm³/mol. The van der Waals surface area contributed by atoms with E-state index >= 15 is 0 Å². The van der Waals surface area contributed by atoms with Crippen molar-refractivity contribution in [2.75, 3.05) is 6.61 Å². The molecule has 146 valence electrons. The molecule has 28 heavy (non-hydrogen) atoms. The molecule has 0 aliphatic heterocycles. The molecule has 1 aromatic heterocycles. The molecule has 3 aromatic rings. The van der Waals surface area contributed by atoms with Crippen LogP contribution in [-0.2, 0) is 6.54 Å². The van der Waals surface area contributed by atoms with E-state index in [2.05, 4.69) is 29.3 Å². The lowest BCUT2D eigenvalue weighted by Gasteiger charge is -2.16. The highest BCUT2D eigenvalue weighted by atomic mass is 16.5. The number of aliphatic hydroxyl groups is 1. The van der Waals surface area contributed by atoms with Crippen LogP contribution in [0, 0.1) is 0 Å². The van der Waals surface area contributed by atoms with Crippen molar-refractivity contribution in [1.29, 1.82) is 0 Å². The third kappa shape index (κ3) is 4.72. The molecule has 0 aliphatic rings. The summed E-state index contributed by atoms with van der Waals surface area (Å²) in [7, 11) is 0. The molecule has 1 amide bonds. The van der Waals surface area contributed by atoms with Gasteiger partial charge in [0.25, 0.3) is 0 Å². The molecule has 0 bridgehead atoms. The van der Waals surface area contributed by atoms with Crippen molar-refractivity contribution in [3.05, 3.63) is 59.7 Å². The van der Waals surface area contributed by atoms with E-state index in [1.165, 1.54) is 4.80 Å². The Morgan fingerprint density at radius 3 is 2.57 bits per heavy atom. The van der Waals surface area contributed by atoms with E-state index in [-0.39, 0.29) is 13.2 Å². The fourth-order valence-electron chi connectivity index (χ4n) is 2.74. The number of primary amides is 1. The van der Waals surface area contributed by atoms with Crippen LogP contribution in [0.2, 0.25) is 0 Å². The van der Waals surface area contributed by atoms with E-state index in [1.807, 2.05) is 24.3 Å². The number of benzene rings is 2. The highest BCUT2D eigenvalue weighted by molar-refractivity contribution is 5.93. The Hall–Kier alpha value is -3.26. The summed E-state index contributed by atoms with van der Waals surface area (Å²) >= 11 is 0. The second kappa shape index (κ2) is 8.62. The van der Waals surface area contributed by atoms with E-state index in [4.69, 9.17) is 10.5 Å². The molecule has 8 nitrogen and oxygen atoms in total. The quantitative estimate of drug-likeness (QED) is 0.616. The third-order valence-corrected chi connectivity index (χ3v) is 4.23. The maximum atomic E-state index is 11.1. The molecule has 1 atom stereocenters. The largest absolute Gasteiger partial charge is 0.491 e. The summed E-state index contributed by atoms with van der Waals surface area (Å²) < 4.78 is 5.78. The number of ether oxygens (including phenoxy) is 1. The van der Waals surface area contributed by atoms with Gasteiger partial charge in [0.15, 0.2) is 0 Å². The van der Waals surface area contributed by atoms with Crippen LogP contribution in [0.1, 0.15) is 35.7 Å². The number of aliphatic hydroxyl groups excluding tert-OH is 1. The molecule has 8 heteroatoms. The number of hydrogen-bond donors (Lipinski definition) is 2. The zero-order chi connectivity index (χ0) is 20.1. The normalized spacial score (nSPS) is 12.1. The molecule has 0 aliphatic carbocycles. The molecular weight excluding hydrogens is 358 g/mol. The van der Waals surface area contributed by atoms with Crippen LogP contribution in [-0.4, -0.2) is 43.9 Å². The van der Waals surface area contributed by atoms with Gasteiger partial charge in [-0.25, -0.2) is 0 Å². The summed E-state index contributed by atoms with van der Waals surface area (Å²) in [4.78, 5) is 12.5. The molecule has 0 saturated carbocycles. The van der Waals surface area contributed by atoms with Crippen molar-refractivity contribution in [2.45, 2.75) is 32.4 Å². The van der Waals surface area contributed by atoms with Gasteiger partial charge in [0.2, 0.25) is 11.7 Å². The average molecular weight is 381 g/mol. The molecule has 3 rings (SSSR count). The lowest BCUT2D eigenvalue weighted by atomic mass is 10.0. The van der Waals surface area contributed by atoms with E-state index in [1.54, 1.807) is 24.3 Å². The second-order valence-corrected chi connectivity index (χ2v) is 6.77. The minimum atomic E-state index is -0.792. The summed E-state index contributed by atoms with van der Waals surface area (Å²) in [5.41, 5.74) is 7.43. The Morgan fingerprint density at radius 1 is 1.18 bits per heavy atom. The van der Waals surface area contributed by atoms with Crippen molar-refractivity contribution in [2.24, 2.45) is 5.73 Å². The number of nitrogens with two attached hydrogens (primary N) is 1. The summed E-state index contributed by atoms with van der Waals surface area (Å²) in [6.45, 7) is 4.45. The Morgan fingerprint density at radius 2 is 1.89 bits per heavy atom. The minimum absolute atomic E-state index is 0.119. The van der Waals surface area contributed by atoms with E-state index in [0.29, 0.717) is 22.9 Å². The fraction of sp³-hybridized carbons (Fsp3) is 0.300. The van der Waals surface area contributed by atoms with Gasteiger partial charge < -0.3 is 15.6 Å². The van der Waals surface area contributed by atoms with Gasteiger partial charge in [0, 0.05) is 11.1 Å². The lowest BCUT2D eigenvalue weighted by Crippen LogP contribution is -2.25. The maximum absolute atomic E-state index is 11.1. The van der Waals surface area contributed by atoms with Crippen LogP contribution in [0.25, 0.3) is 11.4 Å². The number of aromatic nitrogens is 4. The summed E-state index contributed by atoms with van der Waals surface area (Å²) in [6.07, 6.45) is -0.792. The molecule has 0 radical (unpaired) electrons. The van der Waals surface area contributed by atoms with Crippen LogP contribution in [0.15, 0.2) is 48.5 Å². The zero-order valence-electron chi connectivity index (χ0n) is 15.8. The highest BCUT2D eigenvalue weighted by Gasteiger charge is 2.13. The smallest absolute Gasteiger partial charge is 0.248 e. The van der Waals surface area contributed by atoms with E-state index < -0.39 is 12.0 Å². The van der Waals surface area contributed by atoms with Gasteiger partial charge in [0.05, 0.1) is 6.54 Å². The van der Waals surface area contributed by atoms with E-state index in [0.717, 1.165) is 11.3 Å². The SMILES string of the molecule is CC(C)c1ccccc1OC[C@@H](O)Cn1nnc(-c2ccc(C(N)=O)cc2)n1. The Labute approximate surface area is 162 Å². The van der Waals surface area contributed by atoms with Crippen molar-refractivity contribution in [3.8, 4) is 17.1 Å². The number of amides is 1. The summed E-state index contributed by atoms with van der Waals surface area (Å²) in [5.74, 6) is 0.992. The molecule has 0 unspecified atom stereocenters. The first-order chi connectivity index (χ1) is 13.4. The van der Waals surface area contributed by atoms with Gasteiger partial charge in [0.1, 0.15) is 18.5 Å². The van der Waals surface area contributed by atoms with Crippen molar-refractivity contribution < 1.29 is 14.6 Å². The third-order valence-electron chi connectivity index (χ3n) is 4.23. The van der Waals surface area contributed by atoms with Gasteiger partial charge >= 0.3 is 0 Å². The maximum Gasteiger partial charge on any atom is 0.248 e. The topological polar surface area (TPSA) is 116 Å². The Kier molecular flexibility index (Phi) is 6.00. The van der Waals surface area contributed by atoms with Crippen LogP contribution >= 0.6 is 0 Å². The number of rotatable bonds is 8. The fourth-order valence-corrected chi connectivity index (χ4v) is 2.74. The molecule has 0 spiro atoms. The van der Waals surface area contributed by atoms with Crippen LogP contribution < -0.4 is 10.5 Å². The first-order valence-electron chi connectivity index (χ1n) is 9.02. The predicted octanol–water partition coefficient (Wildman–Crippen LogP) is 2.00. The van der Waals surface area contributed by atoms with Gasteiger partial charge in [-0.2, -0.15) is 4.80 Å². The number of para-hydroxylation sites is 1. The van der Waals surface area contributed by atoms with Crippen LogP contribution in [0.5, 0.6) is 5.75 Å². The number of tetrazole rings is 1. The lowest BCUT2D eigenvalue weighted by molar-refractivity contribution is 0.0844. The van der Waals surface area contributed by atoms with Crippen LogP contribution in [0.4, 0.5) is 0 Å². The Bertz CT molecular complexity index is 937. The van der Waals surface area contributed by atoms with Crippen molar-refractivity contribution >= 4 is 5.91 Å². The number of carbonyl (C=O) groups is 1. The van der Waals surface area contributed by atoms with Crippen molar-refractivity contribution in [3.63, 3.8) is 0 Å². The standard InChI is InChI=1S/C20H23N5O3/c1-13(2)17-5-3-4-6-18(17)28-12-16(26)11-25-23-20(22-24-25)15-9-7-14(8-10-15)19(21)27/h3-10,13,16,26H,11-12H2,1-2H3,(H2,21,27)/t16-/m0/s1. The van der Waals surface area contributed by atoms with Gasteiger partial charge in [-0.05, 0) is 34.9 Å². The molecule has 0 saturated heterocycles. The van der Waals surface area contributed by atoms with Gasteiger partial charge in [-0.3, -0.25) is 4.79 Å². The number of carbonyl (C=O) groups excluding carboxylic acids is 1. The second-order valence-electron chi connectivity index (χ2n) is 6.77. The zero-order valence-corrected chi connectivity index (χ0v) is 15.8. The summed E-state index contributed by atoms with van der Waals surface area (Å²) in [6, 6.07) is 14.4. The highest BCUT2D eigenvalue weighted by Crippen LogP contribution is 2.25. The van der Waals surface area contributed by atoms with Gasteiger partial charge in [-0.15, -0.1) is 10.2 Å². The first-order valence-corrected chi connectivity index (χ1v) is 9.02. The summed E-state index contributed by atoms with van der Waals surface area (Å²) in [5, 5.41) is 22.5. The monoisotopic (exact) mass is 381 g/mol. The van der Waals surface area contributed by atoms with E-state index in [9.17, 15) is 9.90 Å².